The maximum atomic E-state index is 5.89. The largest absolute Gasteiger partial charge is 0.340 e. The number of halogens is 1. The lowest BCUT2D eigenvalue weighted by atomic mass is 10.0. The first kappa shape index (κ1) is 12.8. The molecule has 0 bridgehead atoms. The summed E-state index contributed by atoms with van der Waals surface area (Å²) >= 11 is 5.89. The summed E-state index contributed by atoms with van der Waals surface area (Å²) in [5.41, 5.74) is 2.31. The van der Waals surface area contributed by atoms with Crippen LogP contribution >= 0.6 is 11.6 Å². The minimum atomic E-state index is 0.448. The number of aryl methyl sites for hydroxylation is 1. The van der Waals surface area contributed by atoms with Gasteiger partial charge in [-0.1, -0.05) is 37.6 Å². The first-order valence-corrected chi connectivity index (χ1v) is 6.30. The zero-order valence-electron chi connectivity index (χ0n) is 10.7. The minimum Gasteiger partial charge on any atom is -0.340 e. The molecule has 0 unspecified atom stereocenters. The van der Waals surface area contributed by atoms with E-state index in [1.807, 2.05) is 19.1 Å². The lowest BCUT2D eigenvalue weighted by Gasteiger charge is -2.09. The summed E-state index contributed by atoms with van der Waals surface area (Å²) in [6, 6.07) is 10.0. The quantitative estimate of drug-likeness (QED) is 0.837. The van der Waals surface area contributed by atoms with Crippen molar-refractivity contribution in [1.29, 1.82) is 0 Å². The topological polar surface area (TPSA) is 37.8 Å². The molecule has 0 radical (unpaired) electrons. The van der Waals surface area contributed by atoms with Gasteiger partial charge in [0.2, 0.25) is 0 Å². The van der Waals surface area contributed by atoms with Crippen molar-refractivity contribution >= 4 is 23.1 Å². The molecule has 0 atom stereocenters. The van der Waals surface area contributed by atoms with E-state index in [1.54, 1.807) is 6.07 Å². The van der Waals surface area contributed by atoms with Crippen LogP contribution in [0.15, 0.2) is 30.3 Å². The molecule has 94 valence electrons. The molecule has 1 aromatic carbocycles. The average Bonchev–Trinajstić information content (AvgIpc) is 2.28. The zero-order chi connectivity index (χ0) is 13.1. The van der Waals surface area contributed by atoms with Gasteiger partial charge in [0.15, 0.2) is 0 Å². The van der Waals surface area contributed by atoms with E-state index < -0.39 is 0 Å². The first-order chi connectivity index (χ1) is 8.54. The average molecular weight is 262 g/mol. The van der Waals surface area contributed by atoms with Crippen LogP contribution in [0.25, 0.3) is 0 Å². The molecule has 18 heavy (non-hydrogen) atoms. The third-order valence-electron chi connectivity index (χ3n) is 2.66. The fourth-order valence-corrected chi connectivity index (χ4v) is 1.92. The van der Waals surface area contributed by atoms with E-state index in [2.05, 4.69) is 41.3 Å². The van der Waals surface area contributed by atoms with Crippen LogP contribution in [0.3, 0.4) is 0 Å². The van der Waals surface area contributed by atoms with Gasteiger partial charge < -0.3 is 5.32 Å². The fourth-order valence-electron chi connectivity index (χ4n) is 1.69. The van der Waals surface area contributed by atoms with Crippen LogP contribution in [0.1, 0.15) is 31.2 Å². The van der Waals surface area contributed by atoms with Crippen molar-refractivity contribution in [2.24, 2.45) is 0 Å². The van der Waals surface area contributed by atoms with Crippen LogP contribution in [-0.4, -0.2) is 9.97 Å². The van der Waals surface area contributed by atoms with Gasteiger partial charge in [0.1, 0.15) is 16.8 Å². The molecule has 4 heteroatoms. The lowest BCUT2D eigenvalue weighted by molar-refractivity contribution is 0.867. The summed E-state index contributed by atoms with van der Waals surface area (Å²) in [7, 11) is 0. The number of anilines is 2. The Balaban J connectivity index is 2.18. The molecule has 0 fully saturated rings. The summed E-state index contributed by atoms with van der Waals surface area (Å²) in [6.07, 6.45) is 0. The van der Waals surface area contributed by atoms with Crippen molar-refractivity contribution in [2.75, 3.05) is 5.32 Å². The maximum Gasteiger partial charge on any atom is 0.135 e. The first-order valence-electron chi connectivity index (χ1n) is 5.93. The zero-order valence-corrected chi connectivity index (χ0v) is 11.5. The summed E-state index contributed by atoms with van der Waals surface area (Å²) in [5.74, 6) is 1.91. The van der Waals surface area contributed by atoms with E-state index >= 15 is 0 Å². The van der Waals surface area contributed by atoms with Crippen molar-refractivity contribution < 1.29 is 0 Å². The second-order valence-corrected chi connectivity index (χ2v) is 4.91. The SMILES string of the molecule is Cc1nc(Cl)cc(Nc2ccc(C(C)C)cc2)n1. The number of aromatic nitrogens is 2. The summed E-state index contributed by atoms with van der Waals surface area (Å²) in [6.45, 7) is 6.17. The van der Waals surface area contributed by atoms with Crippen LogP contribution in [0.5, 0.6) is 0 Å². The van der Waals surface area contributed by atoms with Gasteiger partial charge in [-0.05, 0) is 30.5 Å². The number of nitrogens with zero attached hydrogens (tertiary/aromatic N) is 2. The Bertz CT molecular complexity index is 515. The van der Waals surface area contributed by atoms with Crippen LogP contribution in [-0.2, 0) is 0 Å². The normalized spacial score (nSPS) is 10.7. The van der Waals surface area contributed by atoms with Gasteiger partial charge in [0.05, 0.1) is 0 Å². The lowest BCUT2D eigenvalue weighted by Crippen LogP contribution is -1.97. The third-order valence-corrected chi connectivity index (χ3v) is 2.85. The van der Waals surface area contributed by atoms with Crippen LogP contribution < -0.4 is 5.32 Å². The van der Waals surface area contributed by atoms with Gasteiger partial charge >= 0.3 is 0 Å². The van der Waals surface area contributed by atoms with Crippen molar-refractivity contribution in [3.63, 3.8) is 0 Å². The second-order valence-electron chi connectivity index (χ2n) is 4.52. The van der Waals surface area contributed by atoms with E-state index in [-0.39, 0.29) is 0 Å². The van der Waals surface area contributed by atoms with Crippen LogP contribution in [0.4, 0.5) is 11.5 Å². The Morgan fingerprint density at radius 1 is 1.11 bits per heavy atom. The molecule has 0 spiro atoms. The van der Waals surface area contributed by atoms with E-state index in [9.17, 15) is 0 Å². The minimum absolute atomic E-state index is 0.448. The molecule has 0 amide bonds. The fraction of sp³-hybridized carbons (Fsp3) is 0.286. The molecule has 0 aliphatic carbocycles. The number of rotatable bonds is 3. The van der Waals surface area contributed by atoms with E-state index in [0.717, 1.165) is 5.69 Å². The third kappa shape index (κ3) is 3.20. The molecule has 0 aliphatic heterocycles. The van der Waals surface area contributed by atoms with Gasteiger partial charge in [0, 0.05) is 11.8 Å². The predicted molar refractivity (Wildman–Crippen MR) is 75.6 cm³/mol. The van der Waals surface area contributed by atoms with Crippen molar-refractivity contribution in [1.82, 2.24) is 9.97 Å². The molecule has 2 aromatic rings. The molecule has 0 saturated carbocycles. The highest BCUT2D eigenvalue weighted by Gasteiger charge is 2.02. The van der Waals surface area contributed by atoms with Crippen molar-refractivity contribution in [2.45, 2.75) is 26.7 Å². The molecule has 0 saturated heterocycles. The van der Waals surface area contributed by atoms with Gasteiger partial charge in [0.25, 0.3) is 0 Å². The van der Waals surface area contributed by atoms with Gasteiger partial charge in [-0.3, -0.25) is 0 Å². The van der Waals surface area contributed by atoms with Crippen LogP contribution in [0.2, 0.25) is 5.15 Å². The van der Waals surface area contributed by atoms with E-state index in [1.165, 1.54) is 5.56 Å². The van der Waals surface area contributed by atoms with Crippen molar-refractivity contribution in [3.05, 3.63) is 46.9 Å². The highest BCUT2D eigenvalue weighted by molar-refractivity contribution is 6.29. The molecular weight excluding hydrogens is 246 g/mol. The Morgan fingerprint density at radius 3 is 2.33 bits per heavy atom. The molecule has 0 aliphatic rings. The molecule has 1 N–H and O–H groups in total. The van der Waals surface area contributed by atoms with Gasteiger partial charge in [-0.2, -0.15) is 0 Å². The standard InChI is InChI=1S/C14H16ClN3/c1-9(2)11-4-6-12(7-5-11)18-14-8-13(15)16-10(3)17-14/h4-9H,1-3H3,(H,16,17,18). The van der Waals surface area contributed by atoms with Crippen LogP contribution in [0, 0.1) is 6.92 Å². The molecule has 3 nitrogen and oxygen atoms in total. The molecule has 1 heterocycles. The summed E-state index contributed by atoms with van der Waals surface area (Å²) in [4.78, 5) is 8.31. The maximum absolute atomic E-state index is 5.89. The van der Waals surface area contributed by atoms with Gasteiger partial charge in [-0.15, -0.1) is 0 Å². The monoisotopic (exact) mass is 261 g/mol. The second kappa shape index (κ2) is 5.36. The Kier molecular flexibility index (Phi) is 3.82. The van der Waals surface area contributed by atoms with Crippen molar-refractivity contribution in [3.8, 4) is 0 Å². The molecular formula is C14H16ClN3. The number of hydrogen-bond donors (Lipinski definition) is 1. The van der Waals surface area contributed by atoms with Gasteiger partial charge in [-0.25, -0.2) is 9.97 Å². The Labute approximate surface area is 112 Å². The molecule has 2 rings (SSSR count). The van der Waals surface area contributed by atoms with E-state index in [4.69, 9.17) is 11.6 Å². The Hall–Kier alpha value is -1.61. The molecule has 1 aromatic heterocycles. The number of nitrogens with one attached hydrogen (secondary N) is 1. The smallest absolute Gasteiger partial charge is 0.135 e. The highest BCUT2D eigenvalue weighted by atomic mass is 35.5. The Morgan fingerprint density at radius 2 is 1.78 bits per heavy atom. The summed E-state index contributed by atoms with van der Waals surface area (Å²) < 4.78 is 0. The number of hydrogen-bond acceptors (Lipinski definition) is 3. The predicted octanol–water partition coefficient (Wildman–Crippen LogP) is 4.31. The highest BCUT2D eigenvalue weighted by Crippen LogP contribution is 2.20. The number of benzene rings is 1. The summed E-state index contributed by atoms with van der Waals surface area (Å²) in [5, 5.41) is 3.66. The van der Waals surface area contributed by atoms with E-state index in [0.29, 0.717) is 22.7 Å².